The molecule has 0 radical (unpaired) electrons. The van der Waals surface area contributed by atoms with E-state index in [1.807, 2.05) is 41.0 Å². The molecular weight excluding hydrogens is 500 g/mol. The van der Waals surface area contributed by atoms with Crippen LogP contribution < -0.4 is 0 Å². The molecule has 0 aromatic rings. The highest BCUT2D eigenvalue weighted by Gasteiger charge is 2.71. The van der Waals surface area contributed by atoms with Crippen LogP contribution in [-0.2, 0) is 23.9 Å². The van der Waals surface area contributed by atoms with Crippen molar-refractivity contribution in [2.75, 3.05) is 72.2 Å². The van der Waals surface area contributed by atoms with Crippen LogP contribution in [0.4, 0.5) is 0 Å². The average molecular weight is 545 g/mol. The fourth-order valence-corrected chi connectivity index (χ4v) is 6.98. The Balaban J connectivity index is 1.42. The number of rotatable bonds is 11. The highest BCUT2D eigenvalue weighted by Crippen LogP contribution is 2.53. The minimum Gasteiger partial charge on any atom is -0.396 e. The van der Waals surface area contributed by atoms with Gasteiger partial charge in [-0.1, -0.05) is 44.1 Å². The number of carbonyl (C=O) groups is 3. The topological polar surface area (TPSA) is 103 Å². The molecule has 5 aliphatic heterocycles. The van der Waals surface area contributed by atoms with Crippen molar-refractivity contribution in [2.24, 2.45) is 11.8 Å². The molecule has 1 unspecified atom stereocenters. The van der Waals surface area contributed by atoms with E-state index in [1.54, 1.807) is 4.90 Å². The minimum atomic E-state index is -1.16. The number of aliphatic hydroxyl groups is 1. The molecule has 5 rings (SSSR count). The summed E-state index contributed by atoms with van der Waals surface area (Å²) in [7, 11) is 0. The molecule has 3 saturated heterocycles. The van der Waals surface area contributed by atoms with E-state index in [0.29, 0.717) is 45.9 Å². The number of ether oxygens (including phenoxy) is 2. The summed E-state index contributed by atoms with van der Waals surface area (Å²) in [6.07, 6.45) is 11.3. The van der Waals surface area contributed by atoms with Crippen LogP contribution in [0.3, 0.4) is 0 Å². The lowest BCUT2D eigenvalue weighted by atomic mass is 9.77. The molecule has 5 atom stereocenters. The van der Waals surface area contributed by atoms with Crippen LogP contribution >= 0.6 is 0 Å². The van der Waals surface area contributed by atoms with Crippen LogP contribution in [0.2, 0.25) is 0 Å². The summed E-state index contributed by atoms with van der Waals surface area (Å²) >= 11 is 0. The van der Waals surface area contributed by atoms with Crippen molar-refractivity contribution in [1.82, 2.24) is 19.6 Å². The number of aliphatic hydroxyl groups excluding tert-OH is 1. The third-order valence-electron chi connectivity index (χ3n) is 8.92. The van der Waals surface area contributed by atoms with E-state index in [-0.39, 0.29) is 24.3 Å². The van der Waals surface area contributed by atoms with Crippen molar-refractivity contribution < 1.29 is 29.0 Å². The molecule has 5 heterocycles. The minimum absolute atomic E-state index is 0.0557. The van der Waals surface area contributed by atoms with Gasteiger partial charge in [-0.3, -0.25) is 19.3 Å². The van der Waals surface area contributed by atoms with Crippen LogP contribution in [0, 0.1) is 11.8 Å². The van der Waals surface area contributed by atoms with Gasteiger partial charge in [0, 0.05) is 59.0 Å². The number of fused-ring (bicyclic) bond motifs is 2. The molecule has 0 saturated carbocycles. The summed E-state index contributed by atoms with van der Waals surface area (Å²) in [6, 6.07) is -0.788. The molecule has 0 aliphatic carbocycles. The first-order valence-electron chi connectivity index (χ1n) is 14.8. The van der Waals surface area contributed by atoms with Gasteiger partial charge in [0.25, 0.3) is 0 Å². The van der Waals surface area contributed by atoms with Crippen LogP contribution in [-0.4, -0.2) is 132 Å². The number of morpholine rings is 1. The van der Waals surface area contributed by atoms with Crippen molar-refractivity contribution in [2.45, 2.75) is 56.8 Å². The Morgan fingerprint density at radius 3 is 2.41 bits per heavy atom. The summed E-state index contributed by atoms with van der Waals surface area (Å²) in [6.45, 7) is 8.64. The molecule has 3 amide bonds. The number of hydrogen-bond donors (Lipinski definition) is 1. The molecule has 1 N–H and O–H groups in total. The molecule has 0 aromatic heterocycles. The van der Waals surface area contributed by atoms with E-state index in [9.17, 15) is 14.4 Å². The van der Waals surface area contributed by atoms with Gasteiger partial charge in [0.15, 0.2) is 0 Å². The third kappa shape index (κ3) is 5.40. The summed E-state index contributed by atoms with van der Waals surface area (Å²) in [5.74, 6) is -1.67. The van der Waals surface area contributed by atoms with Crippen LogP contribution in [0.25, 0.3) is 0 Å². The number of nitrogens with zero attached hydrogens (tertiary/aromatic N) is 4. The first kappa shape index (κ1) is 28.3. The zero-order chi connectivity index (χ0) is 27.4. The molecule has 10 heteroatoms. The smallest absolute Gasteiger partial charge is 0.249 e. The van der Waals surface area contributed by atoms with Gasteiger partial charge in [0.05, 0.1) is 31.2 Å². The first-order chi connectivity index (χ1) is 19.0. The van der Waals surface area contributed by atoms with Crippen molar-refractivity contribution in [3.63, 3.8) is 0 Å². The van der Waals surface area contributed by atoms with Gasteiger partial charge < -0.3 is 29.3 Å². The molecule has 3 fully saturated rings. The van der Waals surface area contributed by atoms with E-state index < -0.39 is 29.6 Å². The van der Waals surface area contributed by atoms with Gasteiger partial charge in [-0.25, -0.2) is 0 Å². The van der Waals surface area contributed by atoms with Crippen LogP contribution in [0.5, 0.6) is 0 Å². The number of amides is 3. The zero-order valence-electron chi connectivity index (χ0n) is 23.2. The Kier molecular flexibility index (Phi) is 9.06. The quantitative estimate of drug-likeness (QED) is 0.301. The molecule has 0 bridgehead atoms. The standard InChI is InChI=1S/C29H44N4O6/c1-2-11-31-12-7-9-22-23(26(31)35)24-27(36)33(14-5-3-4-6-19-34)25-28(37)32(13-8-10-29(24,25)39-22)16-15-30-17-20-38-21-18-30/h7-10,22-25,34H,2-6,11-21H2,1H3/t22-,23+,24-,25?,29-/m0/s1. The maximum atomic E-state index is 14.3. The number of unbranched alkanes of at least 4 members (excludes halogenated alkanes) is 3. The molecule has 5 aliphatic rings. The summed E-state index contributed by atoms with van der Waals surface area (Å²) in [4.78, 5) is 50.0. The molecule has 1 spiro atoms. The van der Waals surface area contributed by atoms with Gasteiger partial charge in [-0.15, -0.1) is 0 Å². The highest BCUT2D eigenvalue weighted by molar-refractivity contribution is 5.99. The lowest BCUT2D eigenvalue weighted by molar-refractivity contribution is -0.148. The lowest BCUT2D eigenvalue weighted by Crippen LogP contribution is -2.56. The fourth-order valence-electron chi connectivity index (χ4n) is 6.98. The van der Waals surface area contributed by atoms with Gasteiger partial charge in [-0.05, 0) is 19.3 Å². The second kappa shape index (κ2) is 12.5. The molecular formula is C29H44N4O6. The van der Waals surface area contributed by atoms with Gasteiger partial charge in [0.2, 0.25) is 17.7 Å². The van der Waals surface area contributed by atoms with E-state index in [4.69, 9.17) is 14.6 Å². The Morgan fingerprint density at radius 1 is 0.897 bits per heavy atom. The maximum absolute atomic E-state index is 14.3. The molecule has 39 heavy (non-hydrogen) atoms. The van der Waals surface area contributed by atoms with E-state index >= 15 is 0 Å². The predicted octanol–water partition coefficient (Wildman–Crippen LogP) is 0.659. The van der Waals surface area contributed by atoms with E-state index in [0.717, 1.165) is 51.7 Å². The number of likely N-dealkylation sites (tertiary alicyclic amines) is 1. The third-order valence-corrected chi connectivity index (χ3v) is 8.92. The van der Waals surface area contributed by atoms with Crippen molar-refractivity contribution in [3.8, 4) is 0 Å². The Labute approximate surface area is 231 Å². The summed E-state index contributed by atoms with van der Waals surface area (Å²) in [5.41, 5.74) is -1.16. The second-order valence-electron chi connectivity index (χ2n) is 11.4. The SMILES string of the molecule is CCCN1CC=C[C@@H]2O[C@]34C=CCN(CCN5CCOCC5)C(=O)C3N(CCCCCCO)C(=O)[C@@H]4[C@@H]2C1=O. The highest BCUT2D eigenvalue weighted by atomic mass is 16.5. The largest absolute Gasteiger partial charge is 0.396 e. The number of hydrogen-bond acceptors (Lipinski definition) is 7. The lowest BCUT2D eigenvalue weighted by Gasteiger charge is -2.36. The van der Waals surface area contributed by atoms with Crippen molar-refractivity contribution >= 4 is 17.7 Å². The summed E-state index contributed by atoms with van der Waals surface area (Å²) in [5, 5.41) is 9.15. The van der Waals surface area contributed by atoms with Crippen LogP contribution in [0.1, 0.15) is 39.0 Å². The maximum Gasteiger partial charge on any atom is 0.249 e. The fraction of sp³-hybridized carbons (Fsp3) is 0.759. The Hall–Kier alpha value is -2.27. The average Bonchev–Trinajstić information content (AvgIpc) is 3.26. The van der Waals surface area contributed by atoms with Gasteiger partial charge in [0.1, 0.15) is 11.6 Å². The van der Waals surface area contributed by atoms with Crippen LogP contribution in [0.15, 0.2) is 24.3 Å². The molecule has 10 nitrogen and oxygen atoms in total. The predicted molar refractivity (Wildman–Crippen MR) is 145 cm³/mol. The zero-order valence-corrected chi connectivity index (χ0v) is 23.2. The van der Waals surface area contributed by atoms with Crippen molar-refractivity contribution in [1.29, 1.82) is 0 Å². The summed E-state index contributed by atoms with van der Waals surface area (Å²) < 4.78 is 12.2. The molecule has 216 valence electrons. The van der Waals surface area contributed by atoms with E-state index in [1.165, 1.54) is 0 Å². The van der Waals surface area contributed by atoms with Crippen molar-refractivity contribution in [3.05, 3.63) is 24.3 Å². The monoisotopic (exact) mass is 544 g/mol. The van der Waals surface area contributed by atoms with E-state index in [2.05, 4.69) is 4.90 Å². The Morgan fingerprint density at radius 2 is 1.64 bits per heavy atom. The Bertz CT molecular complexity index is 965. The van der Waals surface area contributed by atoms with Gasteiger partial charge >= 0.3 is 0 Å². The molecule has 0 aromatic carbocycles. The second-order valence-corrected chi connectivity index (χ2v) is 11.4. The van der Waals surface area contributed by atoms with Gasteiger partial charge in [-0.2, -0.15) is 0 Å². The normalized spacial score (nSPS) is 32.9. The number of carbonyl (C=O) groups excluding carboxylic acids is 3. The first-order valence-corrected chi connectivity index (χ1v) is 14.8.